The molecule has 0 spiro atoms. The van der Waals surface area contributed by atoms with E-state index >= 15 is 0 Å². The molecular formula is C65H40. The number of benzene rings is 13. The van der Waals surface area contributed by atoms with Gasteiger partial charge in [-0.25, -0.2) is 0 Å². The summed E-state index contributed by atoms with van der Waals surface area (Å²) in [5.41, 5.74) is 12.3. The summed E-state index contributed by atoms with van der Waals surface area (Å²) in [5.74, 6) is 0. The van der Waals surface area contributed by atoms with Gasteiger partial charge in [-0.05, 0) is 143 Å². The zero-order valence-electron chi connectivity index (χ0n) is 35.6. The van der Waals surface area contributed by atoms with Crippen LogP contribution in [0.3, 0.4) is 0 Å². The lowest BCUT2D eigenvalue weighted by atomic mass is 9.65. The van der Waals surface area contributed by atoms with E-state index in [0.717, 1.165) is 0 Å². The average Bonchev–Trinajstić information content (AvgIpc) is 3.70. The molecular weight excluding hydrogens is 781 g/mol. The smallest absolute Gasteiger partial charge is 0.0622 e. The molecule has 1 aliphatic rings. The van der Waals surface area contributed by atoms with E-state index in [1.54, 1.807) is 0 Å². The van der Waals surface area contributed by atoms with Gasteiger partial charge in [-0.1, -0.05) is 231 Å². The van der Waals surface area contributed by atoms with Crippen molar-refractivity contribution in [3.05, 3.63) is 265 Å². The molecule has 65 heavy (non-hydrogen) atoms. The van der Waals surface area contributed by atoms with Gasteiger partial charge in [0.05, 0.1) is 5.41 Å². The second-order valence-corrected chi connectivity index (χ2v) is 17.7. The van der Waals surface area contributed by atoms with Crippen molar-refractivity contribution in [3.63, 3.8) is 0 Å². The third-order valence-corrected chi connectivity index (χ3v) is 14.6. The van der Waals surface area contributed by atoms with Crippen molar-refractivity contribution in [2.75, 3.05) is 0 Å². The number of hydrogen-bond acceptors (Lipinski definition) is 0. The highest BCUT2D eigenvalue weighted by Gasteiger charge is 2.49. The molecule has 0 N–H and O–H groups in total. The lowest BCUT2D eigenvalue weighted by Gasteiger charge is -2.36. The first-order chi connectivity index (χ1) is 32.3. The van der Waals surface area contributed by atoms with Gasteiger partial charge in [0, 0.05) is 0 Å². The van der Waals surface area contributed by atoms with Gasteiger partial charge >= 0.3 is 0 Å². The third kappa shape index (κ3) is 4.91. The van der Waals surface area contributed by atoms with Crippen molar-refractivity contribution in [2.24, 2.45) is 0 Å². The molecule has 0 aliphatic heterocycles. The standard InChI is InChI=1S/C65H40/c1-3-22-42(23-4-1)65(43-24-5-2-6-25-43)63-55-37-19-13-31-49(55)58(40-59(63)62-50-32-14-11-28-46(50)47-29-12-20-38-56(47)64(62)65)61-53-35-17-15-33-51(53)60(52-34-16-18-36-54(52)61)57-39-41-21-7-8-26-44(41)45-27-9-10-30-48(45)57/h1-40H. The molecule has 0 atom stereocenters. The largest absolute Gasteiger partial charge is 0.0725 e. The van der Waals surface area contributed by atoms with Gasteiger partial charge in [0.1, 0.15) is 0 Å². The minimum atomic E-state index is -0.611. The van der Waals surface area contributed by atoms with Crippen LogP contribution in [0, 0.1) is 0 Å². The molecule has 0 aromatic heterocycles. The Bertz CT molecular complexity index is 4010. The van der Waals surface area contributed by atoms with Gasteiger partial charge in [0.25, 0.3) is 0 Å². The Morgan fingerprint density at radius 1 is 0.200 bits per heavy atom. The lowest BCUT2D eigenvalue weighted by Crippen LogP contribution is -2.29. The molecule has 0 saturated heterocycles. The zero-order valence-corrected chi connectivity index (χ0v) is 35.6. The summed E-state index contributed by atoms with van der Waals surface area (Å²) < 4.78 is 0. The van der Waals surface area contributed by atoms with E-state index in [-0.39, 0.29) is 0 Å². The quantitative estimate of drug-likeness (QED) is 0.123. The number of rotatable bonds is 4. The van der Waals surface area contributed by atoms with Crippen molar-refractivity contribution < 1.29 is 0 Å². The Labute approximate surface area is 377 Å². The van der Waals surface area contributed by atoms with Crippen LogP contribution in [0.5, 0.6) is 0 Å². The predicted molar refractivity (Wildman–Crippen MR) is 277 cm³/mol. The zero-order chi connectivity index (χ0) is 42.6. The molecule has 0 heterocycles. The van der Waals surface area contributed by atoms with Gasteiger partial charge in [-0.2, -0.15) is 0 Å². The molecule has 300 valence electrons. The highest BCUT2D eigenvalue weighted by molar-refractivity contribution is 6.28. The van der Waals surface area contributed by atoms with Crippen molar-refractivity contribution in [3.8, 4) is 33.4 Å². The Morgan fingerprint density at radius 2 is 0.523 bits per heavy atom. The van der Waals surface area contributed by atoms with E-state index < -0.39 is 5.41 Å². The molecule has 0 fully saturated rings. The first kappa shape index (κ1) is 36.2. The van der Waals surface area contributed by atoms with E-state index in [2.05, 4.69) is 243 Å². The SMILES string of the molecule is c1ccc(C2(c3ccccc3)c3c(cc(-c4c5ccccc5c(-c5cc6ccccc6c6ccccc56)c5ccccc45)c4ccccc34)-c3c2c2ccccc2c2ccccc32)cc1. The average molecular weight is 821 g/mol. The van der Waals surface area contributed by atoms with E-state index in [4.69, 9.17) is 0 Å². The van der Waals surface area contributed by atoms with Crippen LogP contribution in [0.1, 0.15) is 22.3 Å². The topological polar surface area (TPSA) is 0 Å². The summed E-state index contributed by atoms with van der Waals surface area (Å²) in [6.07, 6.45) is 0. The Balaban J connectivity index is 1.19. The van der Waals surface area contributed by atoms with Crippen LogP contribution < -0.4 is 0 Å². The number of fused-ring (bicyclic) bond motifs is 15. The predicted octanol–water partition coefficient (Wildman–Crippen LogP) is 17.5. The van der Waals surface area contributed by atoms with Gasteiger partial charge in [0.15, 0.2) is 0 Å². The molecule has 0 radical (unpaired) electrons. The summed E-state index contributed by atoms with van der Waals surface area (Å²) >= 11 is 0. The fourth-order valence-electron chi connectivity index (χ4n) is 12.2. The van der Waals surface area contributed by atoms with E-state index in [9.17, 15) is 0 Å². The monoisotopic (exact) mass is 820 g/mol. The summed E-state index contributed by atoms with van der Waals surface area (Å²) in [7, 11) is 0. The van der Waals surface area contributed by atoms with Gasteiger partial charge in [0.2, 0.25) is 0 Å². The Morgan fingerprint density at radius 3 is 1.03 bits per heavy atom. The molecule has 0 nitrogen and oxygen atoms in total. The summed E-state index contributed by atoms with van der Waals surface area (Å²) in [6.45, 7) is 0. The minimum absolute atomic E-state index is 0.611. The van der Waals surface area contributed by atoms with Crippen LogP contribution in [0.4, 0.5) is 0 Å². The van der Waals surface area contributed by atoms with Crippen LogP contribution in [0.2, 0.25) is 0 Å². The van der Waals surface area contributed by atoms with Crippen molar-refractivity contribution >= 4 is 75.4 Å². The summed E-state index contributed by atoms with van der Waals surface area (Å²) in [6, 6.07) is 91.2. The molecule has 0 unspecified atom stereocenters. The summed E-state index contributed by atoms with van der Waals surface area (Å²) in [5, 5.41) is 17.8. The van der Waals surface area contributed by atoms with Gasteiger partial charge < -0.3 is 0 Å². The van der Waals surface area contributed by atoms with Crippen molar-refractivity contribution in [2.45, 2.75) is 5.41 Å². The van der Waals surface area contributed by atoms with E-state index in [1.807, 2.05) is 0 Å². The second-order valence-electron chi connectivity index (χ2n) is 17.7. The fourth-order valence-corrected chi connectivity index (χ4v) is 12.2. The maximum atomic E-state index is 2.59. The Kier molecular flexibility index (Phi) is 7.71. The van der Waals surface area contributed by atoms with Gasteiger partial charge in [-0.3, -0.25) is 0 Å². The normalized spacial score (nSPS) is 13.0. The first-order valence-corrected chi connectivity index (χ1v) is 22.8. The Hall–Kier alpha value is -8.32. The lowest BCUT2D eigenvalue weighted by molar-refractivity contribution is 0.783. The van der Waals surface area contributed by atoms with E-state index in [0.29, 0.717) is 0 Å². The minimum Gasteiger partial charge on any atom is -0.0622 e. The van der Waals surface area contributed by atoms with E-state index in [1.165, 1.54) is 131 Å². The molecule has 14 rings (SSSR count). The molecule has 13 aromatic carbocycles. The van der Waals surface area contributed by atoms with Crippen molar-refractivity contribution in [1.29, 1.82) is 0 Å². The third-order valence-electron chi connectivity index (χ3n) is 14.6. The van der Waals surface area contributed by atoms with Crippen molar-refractivity contribution in [1.82, 2.24) is 0 Å². The summed E-state index contributed by atoms with van der Waals surface area (Å²) in [4.78, 5) is 0. The van der Waals surface area contributed by atoms with Crippen LogP contribution in [0.15, 0.2) is 243 Å². The molecule has 1 aliphatic carbocycles. The first-order valence-electron chi connectivity index (χ1n) is 22.8. The van der Waals surface area contributed by atoms with Crippen LogP contribution in [-0.4, -0.2) is 0 Å². The maximum Gasteiger partial charge on any atom is 0.0725 e. The van der Waals surface area contributed by atoms with Crippen LogP contribution >= 0.6 is 0 Å². The second kappa shape index (κ2) is 13.8. The molecule has 0 saturated carbocycles. The highest BCUT2D eigenvalue weighted by atomic mass is 14.5. The van der Waals surface area contributed by atoms with Gasteiger partial charge in [-0.15, -0.1) is 0 Å². The molecule has 0 amide bonds. The molecule has 0 bridgehead atoms. The van der Waals surface area contributed by atoms with Crippen LogP contribution in [0.25, 0.3) is 109 Å². The maximum absolute atomic E-state index is 2.59. The number of hydrogen-bond donors (Lipinski definition) is 0. The van der Waals surface area contributed by atoms with Crippen LogP contribution in [-0.2, 0) is 5.41 Å². The highest BCUT2D eigenvalue weighted by Crippen LogP contribution is 2.63. The molecule has 13 aromatic rings. The molecule has 0 heteroatoms. The fraction of sp³-hybridized carbons (Fsp3) is 0.0154.